The van der Waals surface area contributed by atoms with Crippen molar-refractivity contribution in [1.82, 2.24) is 0 Å². The van der Waals surface area contributed by atoms with Crippen LogP contribution >= 0.6 is 0 Å². The molecule has 1 aliphatic rings. The van der Waals surface area contributed by atoms with Crippen LogP contribution in [0, 0.1) is 11.3 Å². The molecule has 112 valence electrons. The molecule has 20 heavy (non-hydrogen) atoms. The lowest BCUT2D eigenvalue weighted by atomic mass is 9.90. The van der Waals surface area contributed by atoms with Gasteiger partial charge < -0.3 is 5.41 Å². The maximum absolute atomic E-state index is 13.2. The van der Waals surface area contributed by atoms with Gasteiger partial charge in [0.15, 0.2) is 0 Å². The molecule has 1 rings (SSSR count). The summed E-state index contributed by atoms with van der Waals surface area (Å²) >= 11 is 0. The first-order valence-corrected chi connectivity index (χ1v) is 6.95. The number of rotatable bonds is 3. The minimum absolute atomic E-state index is 0.0856. The quantitative estimate of drug-likeness (QED) is 0.779. The smallest absolute Gasteiger partial charge is 0.309 e. The average molecular weight is 286 g/mol. The maximum atomic E-state index is 13.2. The Morgan fingerprint density at radius 2 is 2.05 bits per heavy atom. The first kappa shape index (κ1) is 16.7. The Morgan fingerprint density at radius 3 is 2.60 bits per heavy atom. The van der Waals surface area contributed by atoms with Gasteiger partial charge in [0.25, 0.3) is 0 Å². The van der Waals surface area contributed by atoms with Crippen LogP contribution in [0.4, 0.5) is 13.2 Å². The second kappa shape index (κ2) is 7.41. The molecule has 1 aliphatic carbocycles. The Morgan fingerprint density at radius 1 is 1.35 bits per heavy atom. The Labute approximate surface area is 118 Å². The first-order chi connectivity index (χ1) is 9.40. The van der Waals surface area contributed by atoms with Crippen molar-refractivity contribution in [3.63, 3.8) is 0 Å². The lowest BCUT2D eigenvalue weighted by molar-refractivity contribution is -0.0862. The molecule has 0 radical (unpaired) electrons. The Kier molecular flexibility index (Phi) is 6.17. The molecule has 5 heteroatoms. The van der Waals surface area contributed by atoms with Gasteiger partial charge >= 0.3 is 6.18 Å². The van der Waals surface area contributed by atoms with Crippen LogP contribution in [0.5, 0.6) is 0 Å². The van der Waals surface area contributed by atoms with Crippen molar-refractivity contribution in [1.29, 1.82) is 5.41 Å². The molecule has 0 heterocycles. The summed E-state index contributed by atoms with van der Waals surface area (Å²) in [4.78, 5) is 4.12. The van der Waals surface area contributed by atoms with E-state index in [9.17, 15) is 13.2 Å². The SMILES string of the molecule is CCCN=C1CC(CC)C(=N)C/C=C/C=C\1C(F)(F)F. The van der Waals surface area contributed by atoms with Crippen LogP contribution in [0.1, 0.15) is 39.5 Å². The molecule has 0 spiro atoms. The number of halogens is 3. The van der Waals surface area contributed by atoms with E-state index in [2.05, 4.69) is 4.99 Å². The Balaban J connectivity index is 3.20. The zero-order valence-electron chi connectivity index (χ0n) is 11.9. The van der Waals surface area contributed by atoms with E-state index < -0.39 is 11.7 Å². The third kappa shape index (κ3) is 4.62. The van der Waals surface area contributed by atoms with E-state index in [1.807, 2.05) is 13.8 Å². The number of alkyl halides is 3. The molecule has 1 atom stereocenters. The summed E-state index contributed by atoms with van der Waals surface area (Å²) in [6.45, 7) is 4.17. The molecule has 2 nitrogen and oxygen atoms in total. The van der Waals surface area contributed by atoms with Crippen molar-refractivity contribution in [3.8, 4) is 0 Å². The van der Waals surface area contributed by atoms with Crippen molar-refractivity contribution < 1.29 is 13.2 Å². The molecule has 0 bridgehead atoms. The van der Waals surface area contributed by atoms with Crippen molar-refractivity contribution in [2.24, 2.45) is 10.9 Å². The monoisotopic (exact) mass is 286 g/mol. The zero-order chi connectivity index (χ0) is 15.2. The van der Waals surface area contributed by atoms with E-state index in [4.69, 9.17) is 5.41 Å². The highest BCUT2D eigenvalue weighted by atomic mass is 19.4. The molecule has 0 aromatic heterocycles. The molecule has 0 amide bonds. The number of nitrogens with zero attached hydrogens (tertiary/aromatic N) is 1. The highest BCUT2D eigenvalue weighted by molar-refractivity contribution is 6.04. The van der Waals surface area contributed by atoms with Gasteiger partial charge in [-0.3, -0.25) is 4.99 Å². The predicted molar refractivity (Wildman–Crippen MR) is 76.6 cm³/mol. The predicted octanol–water partition coefficient (Wildman–Crippen LogP) is 4.72. The summed E-state index contributed by atoms with van der Waals surface area (Å²) in [6, 6.07) is 0. The summed E-state index contributed by atoms with van der Waals surface area (Å²) in [7, 11) is 0. The van der Waals surface area contributed by atoms with Gasteiger partial charge in [-0.2, -0.15) is 13.2 Å². The van der Waals surface area contributed by atoms with Gasteiger partial charge in [0.1, 0.15) is 0 Å². The third-order valence-electron chi connectivity index (χ3n) is 3.30. The molecule has 0 aromatic carbocycles. The fourth-order valence-electron chi connectivity index (χ4n) is 2.13. The van der Waals surface area contributed by atoms with Crippen LogP contribution in [0.3, 0.4) is 0 Å². The topological polar surface area (TPSA) is 36.2 Å². The maximum Gasteiger partial charge on any atom is 0.418 e. The lowest BCUT2D eigenvalue weighted by Gasteiger charge is -2.19. The van der Waals surface area contributed by atoms with Crippen molar-refractivity contribution in [3.05, 3.63) is 23.8 Å². The summed E-state index contributed by atoms with van der Waals surface area (Å²) in [6.07, 6.45) is 1.64. The standard InChI is InChI=1S/C15H21F3N2/c1-3-9-20-14-10-11(4-2)13(19)8-6-5-7-12(14)15(16,17)18/h5-7,11,19H,3-4,8-10H2,1-2H3/b6-5+,12-7+,19-13?,20-14?. The largest absolute Gasteiger partial charge is 0.418 e. The second-order valence-electron chi connectivity index (χ2n) is 4.87. The van der Waals surface area contributed by atoms with Gasteiger partial charge in [0, 0.05) is 30.3 Å². The fraction of sp³-hybridized carbons (Fsp3) is 0.600. The van der Waals surface area contributed by atoms with Crippen LogP contribution in [-0.4, -0.2) is 24.1 Å². The van der Waals surface area contributed by atoms with E-state index in [0.717, 1.165) is 6.08 Å². The van der Waals surface area contributed by atoms with Crippen molar-refractivity contribution in [2.75, 3.05) is 6.54 Å². The van der Waals surface area contributed by atoms with Gasteiger partial charge in [-0.1, -0.05) is 26.0 Å². The number of nitrogens with one attached hydrogen (secondary N) is 1. The van der Waals surface area contributed by atoms with Gasteiger partial charge in [-0.05, 0) is 25.3 Å². The van der Waals surface area contributed by atoms with Crippen molar-refractivity contribution >= 4 is 11.4 Å². The van der Waals surface area contributed by atoms with Gasteiger partial charge in [-0.25, -0.2) is 0 Å². The molecule has 1 unspecified atom stereocenters. The number of aliphatic imine (C=N–C) groups is 1. The Hall–Kier alpha value is -1.39. The molecule has 1 N–H and O–H groups in total. The fourth-order valence-corrected chi connectivity index (χ4v) is 2.13. The van der Waals surface area contributed by atoms with E-state index in [-0.39, 0.29) is 18.1 Å². The number of hydrogen-bond acceptors (Lipinski definition) is 2. The third-order valence-corrected chi connectivity index (χ3v) is 3.30. The van der Waals surface area contributed by atoms with Gasteiger partial charge in [0.2, 0.25) is 0 Å². The van der Waals surface area contributed by atoms with Gasteiger partial charge in [0.05, 0.1) is 5.57 Å². The van der Waals surface area contributed by atoms with Crippen LogP contribution in [0.15, 0.2) is 28.8 Å². The zero-order valence-corrected chi connectivity index (χ0v) is 11.9. The van der Waals surface area contributed by atoms with E-state index in [0.29, 0.717) is 31.5 Å². The minimum Gasteiger partial charge on any atom is -0.309 e. The van der Waals surface area contributed by atoms with Crippen LogP contribution in [0.25, 0.3) is 0 Å². The van der Waals surface area contributed by atoms with Crippen LogP contribution in [-0.2, 0) is 0 Å². The highest BCUT2D eigenvalue weighted by Gasteiger charge is 2.37. The van der Waals surface area contributed by atoms with Crippen molar-refractivity contribution in [2.45, 2.75) is 45.7 Å². The van der Waals surface area contributed by atoms with E-state index >= 15 is 0 Å². The normalized spacial score (nSPS) is 27.4. The molecule has 0 aliphatic heterocycles. The average Bonchev–Trinajstić information content (AvgIpc) is 2.45. The lowest BCUT2D eigenvalue weighted by Crippen LogP contribution is -2.24. The molecular weight excluding hydrogens is 265 g/mol. The van der Waals surface area contributed by atoms with Gasteiger partial charge in [-0.15, -0.1) is 0 Å². The second-order valence-corrected chi connectivity index (χ2v) is 4.87. The molecule has 0 saturated carbocycles. The van der Waals surface area contributed by atoms with E-state index in [1.54, 1.807) is 6.08 Å². The minimum atomic E-state index is -4.40. The highest BCUT2D eigenvalue weighted by Crippen LogP contribution is 2.30. The van der Waals surface area contributed by atoms with E-state index in [1.165, 1.54) is 6.08 Å². The number of allylic oxidation sites excluding steroid dienone is 4. The molecule has 0 aromatic rings. The number of hydrogen-bond donors (Lipinski definition) is 1. The molecule has 0 saturated heterocycles. The molecular formula is C15H21F3N2. The summed E-state index contributed by atoms with van der Waals surface area (Å²) in [5.74, 6) is -0.167. The summed E-state index contributed by atoms with van der Waals surface area (Å²) in [5, 5.41) is 7.96. The first-order valence-electron chi connectivity index (χ1n) is 6.95. The van der Waals surface area contributed by atoms with Crippen LogP contribution in [0.2, 0.25) is 0 Å². The molecule has 0 fully saturated rings. The Bertz CT molecular complexity index is 431. The summed E-state index contributed by atoms with van der Waals surface area (Å²) < 4.78 is 39.5. The van der Waals surface area contributed by atoms with Crippen LogP contribution < -0.4 is 0 Å². The summed E-state index contributed by atoms with van der Waals surface area (Å²) in [5.41, 5.74) is -0.109.